The van der Waals surface area contributed by atoms with E-state index in [1.807, 2.05) is 6.92 Å². The Labute approximate surface area is 407 Å². The first kappa shape index (κ1) is 58.9. The number of rotatable bonds is 33. The summed E-state index contributed by atoms with van der Waals surface area (Å²) in [7, 11) is 0. The van der Waals surface area contributed by atoms with Gasteiger partial charge in [0.1, 0.15) is 42.5 Å². The number of nitrogens with zero attached hydrogens (tertiary/aromatic N) is 5. The van der Waals surface area contributed by atoms with Crippen LogP contribution >= 0.6 is 0 Å². The molecule has 2 aromatic carbocycles. The second-order valence-electron chi connectivity index (χ2n) is 15.9. The molecule has 0 aromatic heterocycles. The normalized spacial score (nSPS) is 13.3. The molecule has 2 rings (SSSR count). The van der Waals surface area contributed by atoms with E-state index >= 15 is 0 Å². The Morgan fingerprint density at radius 3 is 1.89 bits per heavy atom. The summed E-state index contributed by atoms with van der Waals surface area (Å²) in [5.41, 5.74) is 32.6. The molecular weight excluding hydrogens is 937 g/mol. The number of primary amides is 1. The Balaban J connectivity index is 2.49. The number of anilines is 1. The van der Waals surface area contributed by atoms with E-state index in [1.165, 1.54) is 6.92 Å². The first-order valence-electron chi connectivity index (χ1n) is 22.3. The Morgan fingerprint density at radius 1 is 0.732 bits per heavy atom. The van der Waals surface area contributed by atoms with Crippen molar-refractivity contribution in [3.63, 3.8) is 0 Å². The number of aliphatic imine (C=N–C) groups is 2. The Kier molecular flexibility index (Phi) is 25.2. The molecule has 0 bridgehead atoms. The molecule has 6 atom stereocenters. The first-order valence-corrected chi connectivity index (χ1v) is 22.3. The van der Waals surface area contributed by atoms with Crippen LogP contribution in [0.15, 0.2) is 58.5 Å². The third-order valence-electron chi connectivity index (χ3n) is 10.3. The van der Waals surface area contributed by atoms with E-state index in [0.717, 1.165) is 12.1 Å². The van der Waals surface area contributed by atoms with Crippen LogP contribution in [-0.2, 0) is 45.0 Å². The smallest absolute Gasteiger partial charge is 0.303 e. The average molecular weight is 1000 g/mol. The zero-order valence-electron chi connectivity index (χ0n) is 39.3. The van der Waals surface area contributed by atoms with E-state index in [9.17, 15) is 58.9 Å². The maximum Gasteiger partial charge on any atom is 0.303 e. The fourth-order valence-electron chi connectivity index (χ4n) is 6.48. The van der Waals surface area contributed by atoms with Gasteiger partial charge >= 0.3 is 5.97 Å². The molecule has 0 fully saturated rings. The molecule has 29 heteroatoms. The van der Waals surface area contributed by atoms with Gasteiger partial charge in [0.2, 0.25) is 29.5 Å². The van der Waals surface area contributed by atoms with Crippen molar-refractivity contribution in [1.82, 2.24) is 26.3 Å². The number of carboxylic acids is 1. The average Bonchev–Trinajstić information content (AvgIpc) is 3.31. The van der Waals surface area contributed by atoms with Crippen molar-refractivity contribution < 1.29 is 53.4 Å². The molecule has 0 unspecified atom stereocenters. The van der Waals surface area contributed by atoms with Crippen LogP contribution in [0, 0.1) is 20.2 Å². The SMILES string of the molecule is CCCC[C@H](N)C(=O)N[C@@H](CNc1ccc([N+](=O)[O-])cc1[N+](=O)[O-])C(=O)N[C@@H](C)C(=O)N[C@H](CCCN=C(N)N)C(=O)N[C@H](CCC(=O)O)C(=O)N(OCc1ccccc1)[C@H](CCCN=C(N)N)C(N)=O. The number of amides is 6. The molecule has 0 radical (unpaired) electrons. The van der Waals surface area contributed by atoms with Crippen molar-refractivity contribution in [2.45, 2.75) is 114 Å². The molecule has 18 N–H and O–H groups in total. The molecule has 6 amide bonds. The molecule has 390 valence electrons. The second kappa shape index (κ2) is 30.3. The largest absolute Gasteiger partial charge is 0.481 e. The summed E-state index contributed by atoms with van der Waals surface area (Å²) in [5, 5.41) is 45.8. The molecule has 71 heavy (non-hydrogen) atoms. The highest BCUT2D eigenvalue weighted by atomic mass is 16.7. The minimum absolute atomic E-state index is 0.0263. The highest BCUT2D eigenvalue weighted by Crippen LogP contribution is 2.29. The van der Waals surface area contributed by atoms with Crippen LogP contribution in [0.1, 0.15) is 77.2 Å². The van der Waals surface area contributed by atoms with Crippen molar-refractivity contribution in [3.8, 4) is 0 Å². The standard InChI is InChI=1S/C42H64N16O13/c1-3-4-12-27(43)37(63)55-31(22-51-28-16-15-26(57(67)68)21-33(28)58(69)70)39(65)52-24(2)36(62)53-29(13-8-19-49-41(45)46)38(64)54-30(17-18-34(59)60)40(66)56(71-23-25-10-6-5-7-11-25)32(35(44)61)14-9-20-50-42(47)48/h5-7,10-11,15-16,21,24,27,29-32,51H,3-4,8-9,12-14,17-20,22-23,43H2,1-2H3,(H2,44,61)(H,52,65)(H,53,62)(H,54,64)(H,55,63)(H,59,60)(H4,45,46,49)(H4,47,48,50)/t24-,27-,29+,30+,31-,32+/m0/s1. The minimum atomic E-state index is -1.71. The van der Waals surface area contributed by atoms with E-state index in [0.29, 0.717) is 29.5 Å². The number of hydrogen-bond acceptors (Lipinski definition) is 16. The van der Waals surface area contributed by atoms with Crippen LogP contribution in [-0.4, -0.2) is 129 Å². The second-order valence-corrected chi connectivity index (χ2v) is 15.9. The van der Waals surface area contributed by atoms with Crippen molar-refractivity contribution >= 4 is 70.4 Å². The van der Waals surface area contributed by atoms with Gasteiger partial charge in [0.15, 0.2) is 11.9 Å². The zero-order chi connectivity index (χ0) is 53.2. The number of guanidine groups is 2. The van der Waals surface area contributed by atoms with Crippen LogP contribution in [0.4, 0.5) is 17.1 Å². The van der Waals surface area contributed by atoms with Gasteiger partial charge in [-0.25, -0.2) is 5.06 Å². The lowest BCUT2D eigenvalue weighted by Gasteiger charge is -2.32. The van der Waals surface area contributed by atoms with Crippen LogP contribution in [0.25, 0.3) is 0 Å². The van der Waals surface area contributed by atoms with Gasteiger partial charge in [-0.2, -0.15) is 0 Å². The summed E-state index contributed by atoms with van der Waals surface area (Å²) < 4.78 is 0. The van der Waals surface area contributed by atoms with Gasteiger partial charge in [0, 0.05) is 32.1 Å². The molecule has 0 saturated heterocycles. The monoisotopic (exact) mass is 1000 g/mol. The van der Waals surface area contributed by atoms with Gasteiger partial charge in [-0.05, 0) is 57.1 Å². The highest BCUT2D eigenvalue weighted by Gasteiger charge is 2.37. The number of nitro benzene ring substituents is 2. The molecule has 0 aliphatic heterocycles. The molecule has 0 aliphatic carbocycles. The fraction of sp³-hybridized carbons (Fsp3) is 0.500. The van der Waals surface area contributed by atoms with E-state index in [2.05, 4.69) is 36.6 Å². The molecule has 0 spiro atoms. The van der Waals surface area contributed by atoms with Gasteiger partial charge in [0.25, 0.3) is 17.3 Å². The number of benzene rings is 2. The van der Waals surface area contributed by atoms with Gasteiger partial charge in [0.05, 0.1) is 22.0 Å². The third kappa shape index (κ3) is 21.3. The molecule has 0 aliphatic rings. The van der Waals surface area contributed by atoms with E-state index in [4.69, 9.17) is 39.2 Å². The van der Waals surface area contributed by atoms with Gasteiger partial charge in [-0.3, -0.25) is 68.6 Å². The maximum absolute atomic E-state index is 14.4. The number of nitrogens with one attached hydrogen (secondary N) is 5. The Morgan fingerprint density at radius 2 is 1.32 bits per heavy atom. The lowest BCUT2D eigenvalue weighted by atomic mass is 10.0. The zero-order valence-corrected chi connectivity index (χ0v) is 39.3. The number of carbonyl (C=O) groups is 7. The van der Waals surface area contributed by atoms with Gasteiger partial charge < -0.3 is 66.1 Å². The Hall–Kier alpha value is -8.21. The summed E-state index contributed by atoms with van der Waals surface area (Å²) >= 11 is 0. The number of carboxylic acid groups (broad SMARTS) is 1. The summed E-state index contributed by atoms with van der Waals surface area (Å²) in [4.78, 5) is 129. The van der Waals surface area contributed by atoms with Crippen LogP contribution in [0.2, 0.25) is 0 Å². The number of nitro groups is 2. The topological polar surface area (TPSA) is 479 Å². The number of aliphatic carboxylic acids is 1. The van der Waals surface area contributed by atoms with Gasteiger partial charge in [-0.1, -0.05) is 50.1 Å². The van der Waals surface area contributed by atoms with Gasteiger partial charge in [-0.15, -0.1) is 0 Å². The van der Waals surface area contributed by atoms with Crippen molar-refractivity contribution in [3.05, 3.63) is 74.3 Å². The summed E-state index contributed by atoms with van der Waals surface area (Å²) in [6.07, 6.45) is 0.0857. The quantitative estimate of drug-likeness (QED) is 0.0123. The van der Waals surface area contributed by atoms with Crippen molar-refractivity contribution in [2.75, 3.05) is 25.0 Å². The summed E-state index contributed by atoms with van der Waals surface area (Å²) in [6, 6.07) is 2.29. The summed E-state index contributed by atoms with van der Waals surface area (Å²) in [5.74, 6) is -7.78. The molecular formula is C42H64N16O13. The van der Waals surface area contributed by atoms with Crippen LogP contribution < -0.4 is 61.0 Å². The predicted octanol–water partition coefficient (Wildman–Crippen LogP) is -1.82. The fourth-order valence-corrected chi connectivity index (χ4v) is 6.48. The molecule has 0 saturated carbocycles. The van der Waals surface area contributed by atoms with E-state index in [-0.39, 0.29) is 69.4 Å². The summed E-state index contributed by atoms with van der Waals surface area (Å²) in [6.45, 7) is 2.24. The number of unbranched alkanes of at least 4 members (excludes halogenated alkanes) is 1. The molecule has 29 nitrogen and oxygen atoms in total. The predicted molar refractivity (Wildman–Crippen MR) is 257 cm³/mol. The van der Waals surface area contributed by atoms with E-state index < -0.39 is 118 Å². The van der Waals surface area contributed by atoms with Crippen molar-refractivity contribution in [2.24, 2.45) is 44.4 Å². The number of non-ortho nitro benzene ring substituents is 1. The lowest BCUT2D eigenvalue weighted by Crippen LogP contribution is -2.60. The van der Waals surface area contributed by atoms with Crippen LogP contribution in [0.5, 0.6) is 0 Å². The third-order valence-corrected chi connectivity index (χ3v) is 10.3. The number of hydroxylamine groups is 2. The maximum atomic E-state index is 14.4. The first-order chi connectivity index (χ1) is 33.5. The number of nitrogens with two attached hydrogens (primary N) is 6. The Bertz CT molecular complexity index is 2230. The highest BCUT2D eigenvalue weighted by molar-refractivity contribution is 5.96. The van der Waals surface area contributed by atoms with E-state index in [1.54, 1.807) is 30.3 Å². The van der Waals surface area contributed by atoms with Crippen LogP contribution in [0.3, 0.4) is 0 Å². The number of hydrogen-bond donors (Lipinski definition) is 12. The molecule has 0 heterocycles. The van der Waals surface area contributed by atoms with Crippen molar-refractivity contribution in [1.29, 1.82) is 0 Å². The molecule has 2 aromatic rings. The number of carbonyl (C=O) groups excluding carboxylic acids is 6. The lowest BCUT2D eigenvalue weighted by molar-refractivity contribution is -0.393. The minimum Gasteiger partial charge on any atom is -0.481 e.